The SMILES string of the molecule is Cn1ncnc1C1c2n[nH]c(=O)c3cccc(c23)NCC1c1ccc(F)cc1. The molecular formula is C20H17FN6O. The maximum Gasteiger partial charge on any atom is 0.272 e. The summed E-state index contributed by atoms with van der Waals surface area (Å²) in [5, 5.41) is 16.1. The molecule has 1 aliphatic heterocycles. The predicted octanol–water partition coefficient (Wildman–Crippen LogP) is 2.53. The zero-order valence-electron chi connectivity index (χ0n) is 15.1. The van der Waals surface area contributed by atoms with E-state index in [1.54, 1.807) is 22.9 Å². The molecule has 0 aliphatic carbocycles. The molecule has 2 atom stereocenters. The monoisotopic (exact) mass is 376 g/mol. The van der Waals surface area contributed by atoms with E-state index in [2.05, 4.69) is 25.6 Å². The van der Waals surface area contributed by atoms with Gasteiger partial charge in [-0.1, -0.05) is 18.2 Å². The minimum absolute atomic E-state index is 0.0856. The lowest BCUT2D eigenvalue weighted by molar-refractivity contribution is 0.551. The molecule has 8 heteroatoms. The van der Waals surface area contributed by atoms with Crippen molar-refractivity contribution in [3.8, 4) is 0 Å². The Morgan fingerprint density at radius 3 is 2.75 bits per heavy atom. The summed E-state index contributed by atoms with van der Waals surface area (Å²) in [5.74, 6) is 0.0908. The second-order valence-corrected chi connectivity index (χ2v) is 6.92. The van der Waals surface area contributed by atoms with Crippen LogP contribution in [0, 0.1) is 5.82 Å². The fourth-order valence-corrected chi connectivity index (χ4v) is 4.05. The second-order valence-electron chi connectivity index (χ2n) is 6.92. The Hall–Kier alpha value is -3.55. The molecule has 4 aromatic rings. The van der Waals surface area contributed by atoms with Crippen LogP contribution >= 0.6 is 0 Å². The number of anilines is 1. The van der Waals surface area contributed by atoms with Gasteiger partial charge in [-0.3, -0.25) is 9.48 Å². The van der Waals surface area contributed by atoms with Crippen molar-refractivity contribution in [1.82, 2.24) is 25.0 Å². The molecule has 0 fully saturated rings. The maximum atomic E-state index is 13.5. The highest BCUT2D eigenvalue weighted by molar-refractivity contribution is 5.96. The van der Waals surface area contributed by atoms with E-state index in [1.807, 2.05) is 19.2 Å². The van der Waals surface area contributed by atoms with Gasteiger partial charge >= 0.3 is 0 Å². The Kier molecular flexibility index (Phi) is 3.71. The van der Waals surface area contributed by atoms with Crippen LogP contribution in [0.2, 0.25) is 0 Å². The molecule has 28 heavy (non-hydrogen) atoms. The Labute approximate surface area is 159 Å². The van der Waals surface area contributed by atoms with Gasteiger partial charge in [0.15, 0.2) is 0 Å². The van der Waals surface area contributed by atoms with Gasteiger partial charge in [0, 0.05) is 30.6 Å². The number of benzene rings is 2. The van der Waals surface area contributed by atoms with Gasteiger partial charge in [-0.15, -0.1) is 0 Å². The van der Waals surface area contributed by atoms with Crippen molar-refractivity contribution in [2.75, 3.05) is 11.9 Å². The fourth-order valence-electron chi connectivity index (χ4n) is 4.05. The smallest absolute Gasteiger partial charge is 0.272 e. The molecule has 140 valence electrons. The number of aromatic amines is 1. The standard InChI is InChI=1S/C20H17FN6O/c1-27-19(23-10-24-27)17-14(11-5-7-12(21)8-6-11)9-22-15-4-2-3-13-16(15)18(17)25-26-20(13)28/h2-8,10,14,17,22H,9H2,1H3,(H,26,28). The van der Waals surface area contributed by atoms with Crippen LogP contribution in [0.1, 0.15) is 28.9 Å². The number of hydrogen-bond acceptors (Lipinski definition) is 5. The molecule has 2 unspecified atom stereocenters. The van der Waals surface area contributed by atoms with Crippen LogP contribution in [-0.4, -0.2) is 31.5 Å². The first-order valence-electron chi connectivity index (χ1n) is 8.98. The number of halogens is 1. The lowest BCUT2D eigenvalue weighted by Crippen LogP contribution is -2.23. The highest BCUT2D eigenvalue weighted by atomic mass is 19.1. The van der Waals surface area contributed by atoms with E-state index in [0.29, 0.717) is 11.9 Å². The number of aromatic nitrogens is 5. The van der Waals surface area contributed by atoms with Crippen molar-refractivity contribution in [2.45, 2.75) is 11.8 Å². The Morgan fingerprint density at radius 1 is 1.18 bits per heavy atom. The van der Waals surface area contributed by atoms with E-state index in [9.17, 15) is 9.18 Å². The first kappa shape index (κ1) is 16.6. The molecule has 0 radical (unpaired) electrons. The van der Waals surface area contributed by atoms with Gasteiger partial charge in [0.05, 0.1) is 17.0 Å². The molecule has 1 aliphatic rings. The predicted molar refractivity (Wildman–Crippen MR) is 103 cm³/mol. The van der Waals surface area contributed by atoms with Gasteiger partial charge in [-0.25, -0.2) is 14.5 Å². The van der Waals surface area contributed by atoms with Gasteiger partial charge in [-0.05, 0) is 29.8 Å². The molecule has 3 heterocycles. The molecule has 2 aromatic carbocycles. The minimum atomic E-state index is -0.284. The van der Waals surface area contributed by atoms with Crippen LogP contribution in [0.25, 0.3) is 10.8 Å². The largest absolute Gasteiger partial charge is 0.384 e. The van der Waals surface area contributed by atoms with Crippen LogP contribution in [-0.2, 0) is 7.05 Å². The summed E-state index contributed by atoms with van der Waals surface area (Å²) >= 11 is 0. The third-order valence-electron chi connectivity index (χ3n) is 5.38. The van der Waals surface area contributed by atoms with E-state index in [-0.39, 0.29) is 23.2 Å². The Balaban J connectivity index is 1.81. The number of aryl methyl sites for hydroxylation is 1. The molecule has 2 aromatic heterocycles. The van der Waals surface area contributed by atoms with Gasteiger partial charge < -0.3 is 5.32 Å². The van der Waals surface area contributed by atoms with Gasteiger partial charge in [-0.2, -0.15) is 10.2 Å². The Bertz CT molecular complexity index is 1230. The van der Waals surface area contributed by atoms with Crippen molar-refractivity contribution in [1.29, 1.82) is 0 Å². The number of rotatable bonds is 2. The van der Waals surface area contributed by atoms with E-state index < -0.39 is 0 Å². The number of nitrogens with zero attached hydrogens (tertiary/aromatic N) is 4. The van der Waals surface area contributed by atoms with E-state index in [0.717, 1.165) is 28.2 Å². The van der Waals surface area contributed by atoms with E-state index in [4.69, 9.17) is 0 Å². The van der Waals surface area contributed by atoms with Crippen LogP contribution in [0.5, 0.6) is 0 Å². The van der Waals surface area contributed by atoms with Gasteiger partial charge in [0.2, 0.25) is 0 Å². The average Bonchev–Trinajstić information content (AvgIpc) is 3.05. The Morgan fingerprint density at radius 2 is 2.00 bits per heavy atom. The van der Waals surface area contributed by atoms with Crippen LogP contribution in [0.3, 0.4) is 0 Å². The maximum absolute atomic E-state index is 13.5. The number of nitrogens with one attached hydrogen (secondary N) is 2. The van der Waals surface area contributed by atoms with Crippen LogP contribution in [0.4, 0.5) is 10.1 Å². The first-order valence-corrected chi connectivity index (χ1v) is 8.98. The summed E-state index contributed by atoms with van der Waals surface area (Å²) < 4.78 is 15.2. The van der Waals surface area contributed by atoms with Crippen molar-refractivity contribution in [3.05, 3.63) is 82.0 Å². The minimum Gasteiger partial charge on any atom is -0.384 e. The molecule has 2 N–H and O–H groups in total. The van der Waals surface area contributed by atoms with E-state index in [1.165, 1.54) is 18.5 Å². The summed E-state index contributed by atoms with van der Waals surface area (Å²) in [6.07, 6.45) is 1.50. The molecule has 0 saturated carbocycles. The summed E-state index contributed by atoms with van der Waals surface area (Å²) in [4.78, 5) is 16.8. The second kappa shape index (κ2) is 6.26. The van der Waals surface area contributed by atoms with Gasteiger partial charge in [0.1, 0.15) is 18.0 Å². The quantitative estimate of drug-likeness (QED) is 0.561. The highest BCUT2D eigenvalue weighted by Crippen LogP contribution is 2.43. The van der Waals surface area contributed by atoms with E-state index >= 15 is 0 Å². The normalized spacial score (nSPS) is 18.6. The lowest BCUT2D eigenvalue weighted by Gasteiger charge is -2.25. The van der Waals surface area contributed by atoms with Gasteiger partial charge in [0.25, 0.3) is 5.56 Å². The summed E-state index contributed by atoms with van der Waals surface area (Å²) in [7, 11) is 1.83. The molecule has 0 amide bonds. The van der Waals surface area contributed by atoms with Crippen LogP contribution < -0.4 is 10.9 Å². The molecule has 0 spiro atoms. The average molecular weight is 376 g/mol. The number of H-pyrrole nitrogens is 1. The van der Waals surface area contributed by atoms with Crippen molar-refractivity contribution >= 4 is 16.5 Å². The molecule has 0 bridgehead atoms. The molecular weight excluding hydrogens is 359 g/mol. The zero-order chi connectivity index (χ0) is 19.3. The summed E-state index contributed by atoms with van der Waals surface area (Å²) in [6, 6.07) is 12.0. The fraction of sp³-hybridized carbons (Fsp3) is 0.200. The first-order chi connectivity index (χ1) is 13.6. The van der Waals surface area contributed by atoms with Crippen molar-refractivity contribution in [3.63, 3.8) is 0 Å². The topological polar surface area (TPSA) is 88.5 Å². The number of hydrogen-bond donors (Lipinski definition) is 2. The van der Waals surface area contributed by atoms with Crippen LogP contribution in [0.15, 0.2) is 53.6 Å². The molecule has 0 saturated heterocycles. The lowest BCUT2D eigenvalue weighted by atomic mass is 9.82. The molecule has 7 nitrogen and oxygen atoms in total. The van der Waals surface area contributed by atoms with Crippen molar-refractivity contribution in [2.24, 2.45) is 7.05 Å². The zero-order valence-corrected chi connectivity index (χ0v) is 15.1. The third kappa shape index (κ3) is 2.49. The third-order valence-corrected chi connectivity index (χ3v) is 5.38. The summed E-state index contributed by atoms with van der Waals surface area (Å²) in [6.45, 7) is 0.576. The summed E-state index contributed by atoms with van der Waals surface area (Å²) in [5.41, 5.74) is 2.29. The van der Waals surface area contributed by atoms with Crippen molar-refractivity contribution < 1.29 is 4.39 Å². The molecule has 5 rings (SSSR count). The highest BCUT2D eigenvalue weighted by Gasteiger charge is 2.35.